The zero-order chi connectivity index (χ0) is 18.6. The number of hydrogen-bond donors (Lipinski definition) is 2. The predicted octanol–water partition coefficient (Wildman–Crippen LogP) is 4.01. The molecule has 2 aromatic heterocycles. The molecule has 0 aliphatic heterocycles. The first-order valence-electron chi connectivity index (χ1n) is 8.15. The molecule has 0 aliphatic rings. The van der Waals surface area contributed by atoms with E-state index >= 15 is 0 Å². The lowest BCUT2D eigenvalue weighted by molar-refractivity contribution is 0.604. The second-order valence-electron chi connectivity index (χ2n) is 5.69. The average Bonchev–Trinajstić information content (AvgIpc) is 3.09. The molecule has 3 N–H and O–H groups in total. The van der Waals surface area contributed by atoms with Gasteiger partial charge in [-0.2, -0.15) is 20.2 Å². The lowest BCUT2D eigenvalue weighted by Gasteiger charge is -2.06. The van der Waals surface area contributed by atoms with Crippen molar-refractivity contribution >= 4 is 40.2 Å². The van der Waals surface area contributed by atoms with Crippen LogP contribution >= 0.6 is 0 Å². The Kier molecular flexibility index (Phi) is 4.21. The van der Waals surface area contributed by atoms with E-state index in [1.165, 1.54) is 0 Å². The molecule has 0 bridgehead atoms. The molecule has 0 saturated heterocycles. The van der Waals surface area contributed by atoms with Crippen LogP contribution in [-0.2, 0) is 0 Å². The monoisotopic (exact) mass is 354 g/mol. The van der Waals surface area contributed by atoms with Crippen LogP contribution in [0.2, 0.25) is 0 Å². The van der Waals surface area contributed by atoms with Gasteiger partial charge in [0.25, 0.3) is 0 Å². The molecule has 0 aliphatic carbocycles. The maximum Gasteiger partial charge on any atom is 0.232 e. The van der Waals surface area contributed by atoms with Gasteiger partial charge in [0.2, 0.25) is 11.9 Å². The maximum absolute atomic E-state index is 9.57. The number of nitrogens with one attached hydrogen (secondary N) is 1. The van der Waals surface area contributed by atoms with Crippen LogP contribution < -0.4 is 11.1 Å². The summed E-state index contributed by atoms with van der Waals surface area (Å²) in [6.45, 7) is 0. The molecule has 0 saturated carbocycles. The van der Waals surface area contributed by atoms with Gasteiger partial charge in [-0.05, 0) is 24.3 Å². The molecular weight excluding hydrogens is 340 g/mol. The number of para-hydroxylation sites is 2. The lowest BCUT2D eigenvalue weighted by Crippen LogP contribution is -2.06. The minimum absolute atomic E-state index is 0.0178. The fourth-order valence-corrected chi connectivity index (χ4v) is 2.58. The Morgan fingerprint density at radius 3 is 2.59 bits per heavy atom. The first-order chi connectivity index (χ1) is 13.2. The average molecular weight is 354 g/mol. The van der Waals surface area contributed by atoms with Crippen molar-refractivity contribution in [3.05, 3.63) is 72.2 Å². The van der Waals surface area contributed by atoms with Crippen LogP contribution in [0.3, 0.4) is 0 Å². The molecule has 4 rings (SSSR count). The number of furan rings is 1. The Hall–Kier alpha value is -4.18. The molecule has 0 atom stereocenters. The standard InChI is InChI=1S/C20H14N6O/c21-12-14(11-16-10-13-6-4-5-9-17(13)27-16)18-24-19(22)26-20(25-18)23-15-7-2-1-3-8-15/h1-11H,(H3,22,23,24,25,26). The van der Waals surface area contributed by atoms with Gasteiger partial charge in [-0.25, -0.2) is 0 Å². The molecule has 2 heterocycles. The molecule has 7 heteroatoms. The summed E-state index contributed by atoms with van der Waals surface area (Å²) >= 11 is 0. The number of rotatable bonds is 4. The molecule has 0 fully saturated rings. The number of hydrogen-bond acceptors (Lipinski definition) is 7. The second kappa shape index (κ2) is 6.98. The number of anilines is 3. The van der Waals surface area contributed by atoms with Gasteiger partial charge in [0.15, 0.2) is 5.82 Å². The Balaban J connectivity index is 1.70. The summed E-state index contributed by atoms with van der Waals surface area (Å²) in [7, 11) is 0. The highest BCUT2D eigenvalue weighted by molar-refractivity contribution is 5.89. The number of aromatic nitrogens is 3. The molecule has 0 unspecified atom stereocenters. The molecule has 0 radical (unpaired) electrons. The topological polar surface area (TPSA) is 114 Å². The second-order valence-corrected chi connectivity index (χ2v) is 5.69. The van der Waals surface area contributed by atoms with Gasteiger partial charge in [-0.15, -0.1) is 0 Å². The van der Waals surface area contributed by atoms with Crippen LogP contribution in [0.5, 0.6) is 0 Å². The molecule has 7 nitrogen and oxygen atoms in total. The number of nitrogens with zero attached hydrogens (tertiary/aromatic N) is 4. The van der Waals surface area contributed by atoms with Crippen LogP contribution in [-0.4, -0.2) is 15.0 Å². The largest absolute Gasteiger partial charge is 0.457 e. The van der Waals surface area contributed by atoms with Gasteiger partial charge in [-0.1, -0.05) is 36.4 Å². The van der Waals surface area contributed by atoms with E-state index in [4.69, 9.17) is 10.2 Å². The lowest BCUT2D eigenvalue weighted by atomic mass is 10.2. The highest BCUT2D eigenvalue weighted by Crippen LogP contribution is 2.23. The van der Waals surface area contributed by atoms with E-state index in [0.29, 0.717) is 5.76 Å². The zero-order valence-electron chi connectivity index (χ0n) is 14.1. The predicted molar refractivity (Wildman–Crippen MR) is 104 cm³/mol. The van der Waals surface area contributed by atoms with E-state index in [1.54, 1.807) is 6.08 Å². The van der Waals surface area contributed by atoms with Crippen LogP contribution in [0, 0.1) is 11.3 Å². The molecule has 0 spiro atoms. The smallest absolute Gasteiger partial charge is 0.232 e. The molecule has 27 heavy (non-hydrogen) atoms. The van der Waals surface area contributed by atoms with E-state index in [2.05, 4.69) is 26.3 Å². The van der Waals surface area contributed by atoms with Gasteiger partial charge in [0.1, 0.15) is 23.0 Å². The number of nitrogens with two attached hydrogens (primary N) is 1. The number of nitrogen functional groups attached to an aromatic ring is 1. The van der Waals surface area contributed by atoms with E-state index < -0.39 is 0 Å². The fourth-order valence-electron chi connectivity index (χ4n) is 2.58. The third-order valence-corrected chi connectivity index (χ3v) is 3.78. The van der Waals surface area contributed by atoms with Gasteiger partial charge in [0, 0.05) is 17.1 Å². The third kappa shape index (κ3) is 3.60. The Morgan fingerprint density at radius 2 is 1.81 bits per heavy atom. The van der Waals surface area contributed by atoms with Crippen LogP contribution in [0.15, 0.2) is 65.1 Å². The van der Waals surface area contributed by atoms with Crippen LogP contribution in [0.1, 0.15) is 11.6 Å². The van der Waals surface area contributed by atoms with Crippen molar-refractivity contribution in [2.45, 2.75) is 0 Å². The minimum Gasteiger partial charge on any atom is -0.457 e. The Labute approximate surface area is 154 Å². The summed E-state index contributed by atoms with van der Waals surface area (Å²) in [5.74, 6) is 0.979. The molecule has 4 aromatic rings. The van der Waals surface area contributed by atoms with E-state index in [0.717, 1.165) is 16.7 Å². The van der Waals surface area contributed by atoms with Crippen molar-refractivity contribution in [1.29, 1.82) is 5.26 Å². The van der Waals surface area contributed by atoms with E-state index in [9.17, 15) is 5.26 Å². The normalized spacial score (nSPS) is 11.3. The van der Waals surface area contributed by atoms with E-state index in [-0.39, 0.29) is 23.3 Å². The Morgan fingerprint density at radius 1 is 1.04 bits per heavy atom. The third-order valence-electron chi connectivity index (χ3n) is 3.78. The summed E-state index contributed by atoms with van der Waals surface area (Å²) in [6.07, 6.45) is 1.58. The first kappa shape index (κ1) is 16.3. The summed E-state index contributed by atoms with van der Waals surface area (Å²) in [6, 6.07) is 21.0. The molecule has 130 valence electrons. The van der Waals surface area contributed by atoms with Gasteiger partial charge < -0.3 is 15.5 Å². The van der Waals surface area contributed by atoms with Crippen LogP contribution in [0.4, 0.5) is 17.6 Å². The summed E-state index contributed by atoms with van der Waals surface area (Å²) < 4.78 is 5.73. The summed E-state index contributed by atoms with van der Waals surface area (Å²) in [4.78, 5) is 12.5. The maximum atomic E-state index is 9.57. The molecule has 2 aromatic carbocycles. The summed E-state index contributed by atoms with van der Waals surface area (Å²) in [5, 5.41) is 13.6. The molecule has 0 amide bonds. The van der Waals surface area contributed by atoms with Crippen molar-refractivity contribution in [3.63, 3.8) is 0 Å². The van der Waals surface area contributed by atoms with Crippen molar-refractivity contribution in [3.8, 4) is 6.07 Å². The van der Waals surface area contributed by atoms with Crippen molar-refractivity contribution < 1.29 is 4.42 Å². The Bertz CT molecular complexity index is 1140. The van der Waals surface area contributed by atoms with Crippen molar-refractivity contribution in [2.75, 3.05) is 11.1 Å². The summed E-state index contributed by atoms with van der Waals surface area (Å²) in [5.41, 5.74) is 7.56. The fraction of sp³-hybridized carbons (Fsp3) is 0. The highest BCUT2D eigenvalue weighted by Gasteiger charge is 2.11. The number of allylic oxidation sites excluding steroid dienone is 1. The number of nitriles is 1. The first-order valence-corrected chi connectivity index (χ1v) is 8.15. The number of fused-ring (bicyclic) bond motifs is 1. The van der Waals surface area contributed by atoms with Gasteiger partial charge in [-0.3, -0.25) is 0 Å². The minimum atomic E-state index is 0.0178. The van der Waals surface area contributed by atoms with Gasteiger partial charge >= 0.3 is 0 Å². The van der Waals surface area contributed by atoms with Gasteiger partial charge in [0.05, 0.1) is 0 Å². The highest BCUT2D eigenvalue weighted by atomic mass is 16.3. The van der Waals surface area contributed by atoms with Crippen LogP contribution in [0.25, 0.3) is 22.6 Å². The van der Waals surface area contributed by atoms with Crippen molar-refractivity contribution in [1.82, 2.24) is 15.0 Å². The van der Waals surface area contributed by atoms with Crippen molar-refractivity contribution in [2.24, 2.45) is 0 Å². The SMILES string of the molecule is N#CC(=Cc1cc2ccccc2o1)c1nc(N)nc(Nc2ccccc2)n1. The number of benzene rings is 2. The van der Waals surface area contributed by atoms with E-state index in [1.807, 2.05) is 60.7 Å². The zero-order valence-corrected chi connectivity index (χ0v) is 14.1. The molecular formula is C20H14N6O. The quantitative estimate of drug-likeness (QED) is 0.532.